The second-order valence-electron chi connectivity index (χ2n) is 7.80. The Labute approximate surface area is 184 Å². The normalized spacial score (nSPS) is 14.3. The molecule has 3 aromatic rings. The highest BCUT2D eigenvalue weighted by Crippen LogP contribution is 2.28. The van der Waals surface area contributed by atoms with Gasteiger partial charge in [0, 0.05) is 44.8 Å². The van der Waals surface area contributed by atoms with E-state index in [1.54, 1.807) is 7.11 Å². The number of hydrogen-bond acceptors (Lipinski definition) is 4. The number of carbonyl (C=O) groups is 1. The minimum absolute atomic E-state index is 0.0355. The standard InChI is InChI=1S/C26H29N3O2/c1-31-25-13-6-5-12-24(25)29-16-14-28(15-17-29)20-22-10-7-11-23(18-22)26(30)27-19-21-8-3-2-4-9-21/h2-13,18H,14-17,19-20H2,1H3,(H,27,30). The molecule has 160 valence electrons. The predicted molar refractivity (Wildman–Crippen MR) is 125 cm³/mol. The number of rotatable bonds is 7. The van der Waals surface area contributed by atoms with Crippen LogP contribution in [-0.4, -0.2) is 44.1 Å². The number of amides is 1. The molecule has 0 saturated carbocycles. The van der Waals surface area contributed by atoms with E-state index in [4.69, 9.17) is 4.74 Å². The van der Waals surface area contributed by atoms with Crippen molar-refractivity contribution in [3.63, 3.8) is 0 Å². The molecule has 0 bridgehead atoms. The molecule has 1 aliphatic rings. The highest BCUT2D eigenvalue weighted by molar-refractivity contribution is 5.94. The second kappa shape index (κ2) is 10.1. The Kier molecular flexibility index (Phi) is 6.85. The smallest absolute Gasteiger partial charge is 0.251 e. The van der Waals surface area contributed by atoms with Gasteiger partial charge in [0.05, 0.1) is 12.8 Å². The van der Waals surface area contributed by atoms with E-state index in [1.165, 1.54) is 0 Å². The molecule has 0 radical (unpaired) electrons. The quantitative estimate of drug-likeness (QED) is 0.635. The van der Waals surface area contributed by atoms with Crippen LogP contribution in [0.5, 0.6) is 5.75 Å². The molecule has 5 nitrogen and oxygen atoms in total. The zero-order valence-corrected chi connectivity index (χ0v) is 18.0. The number of nitrogens with zero attached hydrogens (tertiary/aromatic N) is 2. The molecule has 5 heteroatoms. The lowest BCUT2D eigenvalue weighted by atomic mass is 10.1. The Morgan fingerprint density at radius 2 is 1.58 bits per heavy atom. The van der Waals surface area contributed by atoms with Crippen LogP contribution in [0.1, 0.15) is 21.5 Å². The second-order valence-corrected chi connectivity index (χ2v) is 7.80. The van der Waals surface area contributed by atoms with Crippen molar-refractivity contribution in [2.45, 2.75) is 13.1 Å². The van der Waals surface area contributed by atoms with Gasteiger partial charge in [-0.3, -0.25) is 9.69 Å². The number of methoxy groups -OCH3 is 1. The lowest BCUT2D eigenvalue weighted by molar-refractivity contribution is 0.0950. The summed E-state index contributed by atoms with van der Waals surface area (Å²) in [4.78, 5) is 17.4. The van der Waals surface area contributed by atoms with Gasteiger partial charge in [-0.1, -0.05) is 54.6 Å². The van der Waals surface area contributed by atoms with E-state index in [1.807, 2.05) is 60.7 Å². The molecule has 0 atom stereocenters. The average Bonchev–Trinajstić information content (AvgIpc) is 2.84. The number of ether oxygens (including phenoxy) is 1. The minimum atomic E-state index is -0.0355. The van der Waals surface area contributed by atoms with Gasteiger partial charge in [0.15, 0.2) is 0 Å². The fourth-order valence-electron chi connectivity index (χ4n) is 3.99. The molecule has 0 unspecified atom stereocenters. The summed E-state index contributed by atoms with van der Waals surface area (Å²) in [5.74, 6) is 0.886. The number of nitrogens with one attached hydrogen (secondary N) is 1. The largest absolute Gasteiger partial charge is 0.495 e. The molecule has 4 rings (SSSR count). The van der Waals surface area contributed by atoms with Gasteiger partial charge in [0.2, 0.25) is 0 Å². The molecule has 0 aromatic heterocycles. The number of hydrogen-bond donors (Lipinski definition) is 1. The van der Waals surface area contributed by atoms with Crippen LogP contribution in [0.2, 0.25) is 0 Å². The van der Waals surface area contributed by atoms with Crippen LogP contribution in [0.25, 0.3) is 0 Å². The predicted octanol–water partition coefficient (Wildman–Crippen LogP) is 3.95. The molecule has 1 aliphatic heterocycles. The van der Waals surface area contributed by atoms with Crippen molar-refractivity contribution in [1.29, 1.82) is 0 Å². The summed E-state index contributed by atoms with van der Waals surface area (Å²) >= 11 is 0. The Hall–Kier alpha value is -3.31. The summed E-state index contributed by atoms with van der Waals surface area (Å²) in [6.45, 7) is 5.24. The van der Waals surface area contributed by atoms with E-state index in [9.17, 15) is 4.79 Å². The molecule has 31 heavy (non-hydrogen) atoms. The van der Waals surface area contributed by atoms with Crippen molar-refractivity contribution in [2.24, 2.45) is 0 Å². The molecule has 1 heterocycles. The van der Waals surface area contributed by atoms with Crippen LogP contribution >= 0.6 is 0 Å². The van der Waals surface area contributed by atoms with Gasteiger partial charge < -0.3 is 15.0 Å². The lowest BCUT2D eigenvalue weighted by Gasteiger charge is -2.36. The van der Waals surface area contributed by atoms with Gasteiger partial charge in [-0.15, -0.1) is 0 Å². The summed E-state index contributed by atoms with van der Waals surface area (Å²) in [6, 6.07) is 26.1. The van der Waals surface area contributed by atoms with Gasteiger partial charge in [0.25, 0.3) is 5.91 Å². The van der Waals surface area contributed by atoms with E-state index in [2.05, 4.69) is 33.3 Å². The minimum Gasteiger partial charge on any atom is -0.495 e. The topological polar surface area (TPSA) is 44.8 Å². The van der Waals surface area contributed by atoms with E-state index < -0.39 is 0 Å². The van der Waals surface area contributed by atoms with Crippen molar-refractivity contribution in [3.05, 3.63) is 95.6 Å². The summed E-state index contributed by atoms with van der Waals surface area (Å²) < 4.78 is 5.51. The molecular weight excluding hydrogens is 386 g/mol. The van der Waals surface area contributed by atoms with E-state index in [0.29, 0.717) is 12.1 Å². The fraction of sp³-hybridized carbons (Fsp3) is 0.269. The third kappa shape index (κ3) is 5.44. The Bertz CT molecular complexity index is 998. The van der Waals surface area contributed by atoms with Gasteiger partial charge in [-0.25, -0.2) is 0 Å². The zero-order valence-electron chi connectivity index (χ0n) is 18.0. The van der Waals surface area contributed by atoms with Crippen molar-refractivity contribution < 1.29 is 9.53 Å². The van der Waals surface area contributed by atoms with Crippen LogP contribution in [0.4, 0.5) is 5.69 Å². The van der Waals surface area contributed by atoms with Crippen LogP contribution in [0, 0.1) is 0 Å². The SMILES string of the molecule is COc1ccccc1N1CCN(Cc2cccc(C(=O)NCc3ccccc3)c2)CC1. The van der Waals surface area contributed by atoms with Crippen molar-refractivity contribution in [1.82, 2.24) is 10.2 Å². The van der Waals surface area contributed by atoms with Gasteiger partial charge in [-0.05, 0) is 35.4 Å². The zero-order chi connectivity index (χ0) is 21.5. The summed E-state index contributed by atoms with van der Waals surface area (Å²) in [5.41, 5.74) is 4.13. The van der Waals surface area contributed by atoms with Gasteiger partial charge in [0.1, 0.15) is 5.75 Å². The number of anilines is 1. The van der Waals surface area contributed by atoms with Crippen molar-refractivity contribution in [3.8, 4) is 5.75 Å². The third-order valence-electron chi connectivity index (χ3n) is 5.69. The van der Waals surface area contributed by atoms with Crippen LogP contribution in [0.15, 0.2) is 78.9 Å². The molecule has 0 aliphatic carbocycles. The maximum atomic E-state index is 12.6. The number of piperazine rings is 1. The van der Waals surface area contributed by atoms with E-state index in [-0.39, 0.29) is 5.91 Å². The molecule has 1 fully saturated rings. The van der Waals surface area contributed by atoms with Crippen molar-refractivity contribution in [2.75, 3.05) is 38.2 Å². The van der Waals surface area contributed by atoms with Gasteiger partial charge >= 0.3 is 0 Å². The molecule has 1 amide bonds. The highest BCUT2D eigenvalue weighted by Gasteiger charge is 2.19. The molecule has 1 saturated heterocycles. The molecule has 1 N–H and O–H groups in total. The number of para-hydroxylation sites is 2. The van der Waals surface area contributed by atoms with Crippen LogP contribution < -0.4 is 15.0 Å². The summed E-state index contributed by atoms with van der Waals surface area (Å²) in [5, 5.41) is 3.01. The maximum Gasteiger partial charge on any atom is 0.251 e. The monoisotopic (exact) mass is 415 g/mol. The Morgan fingerprint density at radius 1 is 0.871 bits per heavy atom. The first kappa shape index (κ1) is 20.9. The van der Waals surface area contributed by atoms with Gasteiger partial charge in [-0.2, -0.15) is 0 Å². The van der Waals surface area contributed by atoms with Crippen LogP contribution in [0.3, 0.4) is 0 Å². The van der Waals surface area contributed by atoms with E-state index >= 15 is 0 Å². The molecular formula is C26H29N3O2. The Balaban J connectivity index is 1.32. The number of benzene rings is 3. The average molecular weight is 416 g/mol. The molecule has 3 aromatic carbocycles. The Morgan fingerprint density at radius 3 is 2.35 bits per heavy atom. The first-order chi connectivity index (χ1) is 15.2. The molecule has 0 spiro atoms. The highest BCUT2D eigenvalue weighted by atomic mass is 16.5. The lowest BCUT2D eigenvalue weighted by Crippen LogP contribution is -2.46. The maximum absolute atomic E-state index is 12.6. The summed E-state index contributed by atoms with van der Waals surface area (Å²) in [7, 11) is 1.72. The summed E-state index contributed by atoms with van der Waals surface area (Å²) in [6.07, 6.45) is 0. The van der Waals surface area contributed by atoms with Crippen molar-refractivity contribution >= 4 is 11.6 Å². The fourth-order valence-corrected chi connectivity index (χ4v) is 3.99. The first-order valence-corrected chi connectivity index (χ1v) is 10.7. The van der Waals surface area contributed by atoms with E-state index in [0.717, 1.165) is 55.3 Å². The first-order valence-electron chi connectivity index (χ1n) is 10.7. The van der Waals surface area contributed by atoms with Crippen LogP contribution in [-0.2, 0) is 13.1 Å². The third-order valence-corrected chi connectivity index (χ3v) is 5.69. The number of carbonyl (C=O) groups excluding carboxylic acids is 1.